The van der Waals surface area contributed by atoms with Gasteiger partial charge in [0.05, 0.1) is 11.4 Å². The van der Waals surface area contributed by atoms with Gasteiger partial charge in [0, 0.05) is 39.9 Å². The molecule has 0 amide bonds. The molecule has 0 aliphatic carbocycles. The van der Waals surface area contributed by atoms with Crippen molar-refractivity contribution in [2.24, 2.45) is 4.99 Å². The van der Waals surface area contributed by atoms with E-state index in [-0.39, 0.29) is 0 Å². The van der Waals surface area contributed by atoms with Crippen molar-refractivity contribution in [2.45, 2.75) is 0 Å². The van der Waals surface area contributed by atoms with Crippen LogP contribution in [0, 0.1) is 0 Å². The zero-order valence-electron chi connectivity index (χ0n) is 17.9. The number of hydrogen-bond donors (Lipinski definition) is 1. The van der Waals surface area contributed by atoms with Crippen LogP contribution in [0.5, 0.6) is 0 Å². The minimum atomic E-state index is 1.01. The van der Waals surface area contributed by atoms with Gasteiger partial charge in [-0.3, -0.25) is 4.99 Å². The van der Waals surface area contributed by atoms with Gasteiger partial charge < -0.3 is 4.98 Å². The van der Waals surface area contributed by atoms with Crippen LogP contribution < -0.4 is 0 Å². The summed E-state index contributed by atoms with van der Waals surface area (Å²) in [7, 11) is 0. The highest BCUT2D eigenvalue weighted by atomic mass is 14.8. The van der Waals surface area contributed by atoms with E-state index in [2.05, 4.69) is 114 Å². The number of nitrogens with zero attached hydrogens (tertiary/aromatic N) is 1. The molecule has 0 saturated carbocycles. The summed E-state index contributed by atoms with van der Waals surface area (Å²) in [5.74, 6) is 0. The van der Waals surface area contributed by atoms with Gasteiger partial charge in [-0.15, -0.1) is 0 Å². The summed E-state index contributed by atoms with van der Waals surface area (Å²) >= 11 is 0. The molecule has 0 bridgehead atoms. The van der Waals surface area contributed by atoms with Crippen molar-refractivity contribution < 1.29 is 0 Å². The van der Waals surface area contributed by atoms with Crippen LogP contribution in [0.4, 0.5) is 0 Å². The molecule has 0 fully saturated rings. The Morgan fingerprint density at radius 3 is 2.00 bits per heavy atom. The lowest BCUT2D eigenvalue weighted by Crippen LogP contribution is -1.94. The van der Waals surface area contributed by atoms with Crippen molar-refractivity contribution in [1.29, 1.82) is 0 Å². The maximum Gasteiger partial charge on any atom is 0.0808 e. The fraction of sp³-hybridized carbons (Fsp3) is 0. The van der Waals surface area contributed by atoms with Crippen molar-refractivity contribution in [2.75, 3.05) is 0 Å². The first kappa shape index (κ1) is 18.2. The predicted octanol–water partition coefficient (Wildman–Crippen LogP) is 7.82. The molecule has 0 saturated heterocycles. The largest absolute Gasteiger partial charge is 0.360 e. The lowest BCUT2D eigenvalue weighted by Gasteiger charge is -2.13. The molecule has 1 aromatic heterocycles. The van der Waals surface area contributed by atoms with E-state index in [0.717, 1.165) is 22.5 Å². The van der Waals surface area contributed by atoms with E-state index in [1.807, 2.05) is 6.21 Å². The molecule has 2 heterocycles. The van der Waals surface area contributed by atoms with Crippen molar-refractivity contribution in [1.82, 2.24) is 4.98 Å². The van der Waals surface area contributed by atoms with Crippen LogP contribution in [0.1, 0.15) is 22.4 Å². The summed E-state index contributed by atoms with van der Waals surface area (Å²) in [6.45, 7) is 0. The molecule has 1 aliphatic heterocycles. The van der Waals surface area contributed by atoms with Gasteiger partial charge in [0.1, 0.15) is 0 Å². The first-order chi connectivity index (χ1) is 16.3. The summed E-state index contributed by atoms with van der Waals surface area (Å²) in [6.07, 6.45) is 4.11. The number of aromatic amines is 1. The van der Waals surface area contributed by atoms with Gasteiger partial charge in [0.15, 0.2) is 0 Å². The summed E-state index contributed by atoms with van der Waals surface area (Å²) in [6, 6.07) is 36.7. The van der Waals surface area contributed by atoms with Crippen LogP contribution in [-0.2, 0) is 0 Å². The summed E-state index contributed by atoms with van der Waals surface area (Å²) in [4.78, 5) is 8.56. The Balaban J connectivity index is 1.56. The second kappa shape index (κ2) is 7.04. The average molecular weight is 421 g/mol. The zero-order valence-corrected chi connectivity index (χ0v) is 17.9. The third-order valence-electron chi connectivity index (χ3n) is 6.61. The van der Waals surface area contributed by atoms with E-state index in [4.69, 9.17) is 4.99 Å². The average Bonchev–Trinajstić information content (AvgIpc) is 3.46. The fourth-order valence-corrected chi connectivity index (χ4v) is 5.01. The number of nitrogens with one attached hydrogen (secondary N) is 1. The minimum absolute atomic E-state index is 1.01. The van der Waals surface area contributed by atoms with E-state index < -0.39 is 0 Å². The number of aromatic nitrogens is 1. The molecule has 6 aromatic rings. The van der Waals surface area contributed by atoms with Crippen LogP contribution in [0.25, 0.3) is 43.6 Å². The number of aliphatic imine (C=N–C) groups is 1. The standard InChI is InChI=1S/C31H20N2/c1-2-8-20(9-3-1)29(30-27-16-23-12-6-4-10-21(23)14-25(27)18-32-30)31-28-17-24-13-7-5-11-22(24)15-26(28)19-33-31/h1-19,32H/b31-29-. The van der Waals surface area contributed by atoms with Crippen molar-refractivity contribution in [3.63, 3.8) is 0 Å². The molecule has 5 aromatic carbocycles. The van der Waals surface area contributed by atoms with E-state index in [9.17, 15) is 0 Å². The number of fused-ring (bicyclic) bond motifs is 4. The molecule has 2 heteroatoms. The number of benzene rings is 5. The minimum Gasteiger partial charge on any atom is -0.360 e. The Kier molecular flexibility index (Phi) is 3.88. The van der Waals surface area contributed by atoms with Crippen LogP contribution >= 0.6 is 0 Å². The maximum atomic E-state index is 4.96. The molecule has 1 N–H and O–H groups in total. The topological polar surface area (TPSA) is 28.1 Å². The summed E-state index contributed by atoms with van der Waals surface area (Å²) in [5, 5.41) is 7.38. The molecular weight excluding hydrogens is 400 g/mol. The van der Waals surface area contributed by atoms with Crippen LogP contribution in [0.2, 0.25) is 0 Å². The van der Waals surface area contributed by atoms with Gasteiger partial charge in [0.2, 0.25) is 0 Å². The van der Waals surface area contributed by atoms with Gasteiger partial charge >= 0.3 is 0 Å². The Hall–Kier alpha value is -4.43. The summed E-state index contributed by atoms with van der Waals surface area (Å²) < 4.78 is 0. The molecule has 1 aliphatic rings. The lowest BCUT2D eigenvalue weighted by atomic mass is 9.93. The molecule has 7 rings (SSSR count). The second-order valence-electron chi connectivity index (χ2n) is 8.58. The summed E-state index contributed by atoms with van der Waals surface area (Å²) in [5.41, 5.74) is 6.75. The highest BCUT2D eigenvalue weighted by Crippen LogP contribution is 2.40. The molecule has 33 heavy (non-hydrogen) atoms. The lowest BCUT2D eigenvalue weighted by molar-refractivity contribution is 1.35. The highest BCUT2D eigenvalue weighted by molar-refractivity contribution is 6.14. The molecule has 0 radical (unpaired) electrons. The number of hydrogen-bond acceptors (Lipinski definition) is 1. The number of rotatable bonds is 2. The Labute approximate surface area is 191 Å². The molecule has 0 atom stereocenters. The Morgan fingerprint density at radius 2 is 1.24 bits per heavy atom. The monoisotopic (exact) mass is 420 g/mol. The number of H-pyrrole nitrogens is 1. The molecular formula is C31H20N2. The second-order valence-corrected chi connectivity index (χ2v) is 8.58. The van der Waals surface area contributed by atoms with Gasteiger partial charge in [0.25, 0.3) is 0 Å². The smallest absolute Gasteiger partial charge is 0.0808 e. The molecule has 0 unspecified atom stereocenters. The highest BCUT2D eigenvalue weighted by Gasteiger charge is 2.22. The van der Waals surface area contributed by atoms with E-state index in [0.29, 0.717) is 0 Å². The van der Waals surface area contributed by atoms with E-state index >= 15 is 0 Å². The molecule has 154 valence electrons. The van der Waals surface area contributed by atoms with Gasteiger partial charge in [-0.1, -0.05) is 78.9 Å². The SMILES string of the molecule is C1=N/C(=C(/c2ccccc2)c2[nH]cc3cc4ccccc4cc23)c2cc3ccccc3cc21. The van der Waals surface area contributed by atoms with Crippen LogP contribution in [0.3, 0.4) is 0 Å². The molecule has 0 spiro atoms. The predicted molar refractivity (Wildman–Crippen MR) is 140 cm³/mol. The van der Waals surface area contributed by atoms with Crippen LogP contribution in [-0.4, -0.2) is 11.2 Å². The van der Waals surface area contributed by atoms with Gasteiger partial charge in [-0.25, -0.2) is 0 Å². The quantitative estimate of drug-likeness (QED) is 0.296. The first-order valence-electron chi connectivity index (χ1n) is 11.2. The third-order valence-corrected chi connectivity index (χ3v) is 6.61. The zero-order chi connectivity index (χ0) is 21.8. The molecule has 2 nitrogen and oxygen atoms in total. The van der Waals surface area contributed by atoms with Gasteiger partial charge in [-0.05, 0) is 51.4 Å². The normalized spacial score (nSPS) is 14.3. The maximum absolute atomic E-state index is 4.96. The van der Waals surface area contributed by atoms with Gasteiger partial charge in [-0.2, -0.15) is 0 Å². The van der Waals surface area contributed by atoms with E-state index in [1.54, 1.807) is 0 Å². The van der Waals surface area contributed by atoms with E-state index in [1.165, 1.54) is 43.4 Å². The first-order valence-corrected chi connectivity index (χ1v) is 11.2. The van der Waals surface area contributed by atoms with Crippen molar-refractivity contribution in [3.05, 3.63) is 132 Å². The van der Waals surface area contributed by atoms with Crippen molar-refractivity contribution in [3.8, 4) is 0 Å². The fourth-order valence-electron chi connectivity index (χ4n) is 5.01. The Morgan fingerprint density at radius 1 is 0.606 bits per heavy atom. The van der Waals surface area contributed by atoms with Crippen LogP contribution in [0.15, 0.2) is 114 Å². The van der Waals surface area contributed by atoms with Crippen molar-refractivity contribution >= 4 is 49.8 Å². The third kappa shape index (κ3) is 2.85. The Bertz CT molecular complexity index is 1750.